The van der Waals surface area contributed by atoms with Gasteiger partial charge in [0, 0.05) is 24.0 Å². The van der Waals surface area contributed by atoms with Crippen molar-refractivity contribution in [1.29, 1.82) is 0 Å². The molecular weight excluding hydrogens is 266 g/mol. The molecule has 0 aromatic heterocycles. The third kappa shape index (κ3) is 4.35. The molecule has 1 aliphatic heterocycles. The van der Waals surface area contributed by atoms with Gasteiger partial charge in [-0.1, -0.05) is 34.1 Å². The van der Waals surface area contributed by atoms with Crippen LogP contribution in [0.4, 0.5) is 0 Å². The molecule has 1 aromatic rings. The monoisotopic (exact) mass is 283 g/mol. The number of hydrogen-bond acceptors (Lipinski definition) is 1. The van der Waals surface area contributed by atoms with E-state index in [2.05, 4.69) is 22.9 Å². The fourth-order valence-corrected chi connectivity index (χ4v) is 2.12. The Labute approximate surface area is 106 Å². The molecule has 16 heavy (non-hydrogen) atoms. The number of halogens is 1. The van der Waals surface area contributed by atoms with Crippen molar-refractivity contribution >= 4 is 21.8 Å². The van der Waals surface area contributed by atoms with E-state index in [0.717, 1.165) is 11.0 Å². The lowest BCUT2D eigenvalue weighted by atomic mass is 10.2. The number of carbonyl (C=O) groups excluding carboxylic acids is 1. The Morgan fingerprint density at radius 2 is 2.00 bits per heavy atom. The zero-order valence-corrected chi connectivity index (χ0v) is 11.4. The van der Waals surface area contributed by atoms with Crippen LogP contribution in [0.1, 0.15) is 26.7 Å². The van der Waals surface area contributed by atoms with Gasteiger partial charge in [-0.05, 0) is 31.9 Å². The summed E-state index contributed by atoms with van der Waals surface area (Å²) in [6, 6.07) is 10.5. The second-order valence-electron chi connectivity index (χ2n) is 4.00. The first-order chi connectivity index (χ1) is 7.61. The molecule has 2 nitrogen and oxygen atoms in total. The van der Waals surface area contributed by atoms with Crippen LogP contribution in [0.25, 0.3) is 0 Å². The fraction of sp³-hybridized carbons (Fsp3) is 0.462. The van der Waals surface area contributed by atoms with Crippen LogP contribution in [0.3, 0.4) is 0 Å². The van der Waals surface area contributed by atoms with Crippen molar-refractivity contribution < 1.29 is 4.79 Å². The summed E-state index contributed by atoms with van der Waals surface area (Å²) in [7, 11) is 0. The minimum Gasteiger partial charge on any atom is -0.340 e. The van der Waals surface area contributed by atoms with Gasteiger partial charge >= 0.3 is 0 Å². The maximum absolute atomic E-state index is 10.8. The van der Waals surface area contributed by atoms with E-state index < -0.39 is 0 Å². The van der Waals surface area contributed by atoms with Crippen LogP contribution in [0, 0.1) is 0 Å². The Hall–Kier alpha value is -0.830. The standard InChI is InChI=1S/C7H13NO.C6H5Br/c1-6-4-3-5-8(6)7(2)9;7-6-4-2-1-3-5-6/h6H,3-5H2,1-2H3;1-5H. The summed E-state index contributed by atoms with van der Waals surface area (Å²) >= 11 is 3.31. The highest BCUT2D eigenvalue weighted by Gasteiger charge is 2.21. The summed E-state index contributed by atoms with van der Waals surface area (Å²) in [5.41, 5.74) is 0. The minimum atomic E-state index is 0.222. The summed E-state index contributed by atoms with van der Waals surface area (Å²) in [6.45, 7) is 4.72. The van der Waals surface area contributed by atoms with E-state index in [0.29, 0.717) is 6.04 Å². The van der Waals surface area contributed by atoms with Crippen LogP contribution >= 0.6 is 15.9 Å². The summed E-state index contributed by atoms with van der Waals surface area (Å²) in [6.07, 6.45) is 2.36. The average Bonchev–Trinajstić information content (AvgIpc) is 2.66. The maximum atomic E-state index is 10.8. The van der Waals surface area contributed by atoms with E-state index in [-0.39, 0.29) is 5.91 Å². The van der Waals surface area contributed by atoms with Crippen molar-refractivity contribution in [1.82, 2.24) is 4.90 Å². The second kappa shape index (κ2) is 6.69. The molecule has 1 aliphatic rings. The predicted molar refractivity (Wildman–Crippen MR) is 70.2 cm³/mol. The minimum absolute atomic E-state index is 0.222. The smallest absolute Gasteiger partial charge is 0.219 e. The fourth-order valence-electron chi connectivity index (χ4n) is 1.82. The van der Waals surface area contributed by atoms with Crippen molar-refractivity contribution in [2.75, 3.05) is 6.54 Å². The Morgan fingerprint density at radius 1 is 1.38 bits per heavy atom. The van der Waals surface area contributed by atoms with Crippen LogP contribution in [-0.4, -0.2) is 23.4 Å². The van der Waals surface area contributed by atoms with Crippen LogP contribution in [0.15, 0.2) is 34.8 Å². The van der Waals surface area contributed by atoms with Gasteiger partial charge in [-0.25, -0.2) is 0 Å². The van der Waals surface area contributed by atoms with Crippen molar-refractivity contribution in [3.8, 4) is 0 Å². The predicted octanol–water partition coefficient (Wildman–Crippen LogP) is 3.47. The highest BCUT2D eigenvalue weighted by Crippen LogP contribution is 2.15. The van der Waals surface area contributed by atoms with Gasteiger partial charge in [-0.2, -0.15) is 0 Å². The zero-order valence-electron chi connectivity index (χ0n) is 9.82. The van der Waals surface area contributed by atoms with Crippen LogP contribution in [0.2, 0.25) is 0 Å². The first-order valence-electron chi connectivity index (χ1n) is 5.59. The number of hydrogen-bond donors (Lipinski definition) is 0. The Bertz CT molecular complexity index is 326. The van der Waals surface area contributed by atoms with E-state index >= 15 is 0 Å². The van der Waals surface area contributed by atoms with Gasteiger partial charge < -0.3 is 4.90 Å². The van der Waals surface area contributed by atoms with E-state index in [9.17, 15) is 4.79 Å². The number of likely N-dealkylation sites (tertiary alicyclic amines) is 1. The Kier molecular flexibility index (Phi) is 5.53. The molecule has 1 fully saturated rings. The largest absolute Gasteiger partial charge is 0.340 e. The van der Waals surface area contributed by atoms with Gasteiger partial charge in [-0.3, -0.25) is 4.79 Å². The molecule has 2 rings (SSSR count). The molecule has 3 heteroatoms. The van der Waals surface area contributed by atoms with Crippen molar-refractivity contribution in [3.63, 3.8) is 0 Å². The lowest BCUT2D eigenvalue weighted by Gasteiger charge is -2.18. The van der Waals surface area contributed by atoms with E-state index in [1.165, 1.54) is 12.8 Å². The molecule has 1 saturated heterocycles. The average molecular weight is 284 g/mol. The third-order valence-electron chi connectivity index (χ3n) is 2.69. The van der Waals surface area contributed by atoms with Gasteiger partial charge in [0.25, 0.3) is 0 Å². The summed E-state index contributed by atoms with van der Waals surface area (Å²) in [4.78, 5) is 12.7. The topological polar surface area (TPSA) is 20.3 Å². The number of nitrogens with zero attached hydrogens (tertiary/aromatic N) is 1. The highest BCUT2D eigenvalue weighted by molar-refractivity contribution is 9.10. The van der Waals surface area contributed by atoms with Crippen LogP contribution in [-0.2, 0) is 4.79 Å². The molecule has 1 atom stereocenters. The van der Waals surface area contributed by atoms with Crippen molar-refractivity contribution in [2.45, 2.75) is 32.7 Å². The van der Waals surface area contributed by atoms with Crippen molar-refractivity contribution in [2.24, 2.45) is 0 Å². The van der Waals surface area contributed by atoms with E-state index in [4.69, 9.17) is 0 Å². The summed E-state index contributed by atoms with van der Waals surface area (Å²) < 4.78 is 1.13. The quantitative estimate of drug-likeness (QED) is 0.714. The first-order valence-corrected chi connectivity index (χ1v) is 6.38. The number of carbonyl (C=O) groups is 1. The van der Waals surface area contributed by atoms with E-state index in [1.54, 1.807) is 6.92 Å². The molecule has 0 spiro atoms. The third-order valence-corrected chi connectivity index (χ3v) is 3.22. The molecular formula is C13H18BrNO. The molecule has 0 bridgehead atoms. The number of benzene rings is 1. The lowest BCUT2D eigenvalue weighted by molar-refractivity contribution is -0.129. The first kappa shape index (κ1) is 13.2. The Morgan fingerprint density at radius 3 is 2.25 bits per heavy atom. The molecule has 0 aliphatic carbocycles. The normalized spacial score (nSPS) is 18.9. The van der Waals surface area contributed by atoms with Crippen molar-refractivity contribution in [3.05, 3.63) is 34.8 Å². The lowest BCUT2D eigenvalue weighted by Crippen LogP contribution is -2.31. The maximum Gasteiger partial charge on any atom is 0.219 e. The van der Waals surface area contributed by atoms with Crippen LogP contribution < -0.4 is 0 Å². The van der Waals surface area contributed by atoms with Crippen LogP contribution in [0.5, 0.6) is 0 Å². The second-order valence-corrected chi connectivity index (χ2v) is 4.91. The molecule has 1 aromatic carbocycles. The molecule has 1 heterocycles. The SMILES string of the molecule is Brc1ccccc1.CC(=O)N1CCCC1C. The van der Waals surface area contributed by atoms with Gasteiger partial charge in [0.05, 0.1) is 0 Å². The molecule has 0 saturated carbocycles. The van der Waals surface area contributed by atoms with Gasteiger partial charge in [0.1, 0.15) is 0 Å². The molecule has 1 amide bonds. The van der Waals surface area contributed by atoms with Gasteiger partial charge in [0.15, 0.2) is 0 Å². The van der Waals surface area contributed by atoms with Gasteiger partial charge in [-0.15, -0.1) is 0 Å². The molecule has 0 radical (unpaired) electrons. The number of amides is 1. The van der Waals surface area contributed by atoms with Gasteiger partial charge in [0.2, 0.25) is 5.91 Å². The highest BCUT2D eigenvalue weighted by atomic mass is 79.9. The molecule has 0 N–H and O–H groups in total. The summed E-state index contributed by atoms with van der Waals surface area (Å²) in [5, 5.41) is 0. The molecule has 88 valence electrons. The number of rotatable bonds is 0. The summed E-state index contributed by atoms with van der Waals surface area (Å²) in [5.74, 6) is 0.222. The van der Waals surface area contributed by atoms with E-state index in [1.807, 2.05) is 35.2 Å². The molecule has 1 unspecified atom stereocenters. The zero-order chi connectivity index (χ0) is 12.0. The Balaban J connectivity index is 0.000000165.